The van der Waals surface area contributed by atoms with Crippen LogP contribution in [0.15, 0.2) is 40.9 Å². The molecule has 122 valence electrons. The Balaban J connectivity index is 1.93. The van der Waals surface area contributed by atoms with E-state index in [9.17, 15) is 18.0 Å². The van der Waals surface area contributed by atoms with E-state index in [1.54, 1.807) is 6.92 Å². The van der Waals surface area contributed by atoms with Crippen LogP contribution in [0.2, 0.25) is 0 Å². The molecule has 2 rings (SSSR count). The molecule has 0 unspecified atom stereocenters. The second kappa shape index (κ2) is 7.50. The van der Waals surface area contributed by atoms with Gasteiger partial charge in [0.1, 0.15) is 23.2 Å². The van der Waals surface area contributed by atoms with Crippen LogP contribution in [0.3, 0.4) is 0 Å². The number of hydrogen-bond acceptors (Lipinski definition) is 2. The first-order valence-corrected chi connectivity index (χ1v) is 7.48. The third-order valence-corrected chi connectivity index (χ3v) is 3.68. The highest BCUT2D eigenvalue weighted by atomic mass is 79.9. The summed E-state index contributed by atoms with van der Waals surface area (Å²) in [5.41, 5.74) is 0.169. The molecule has 2 aromatic carbocycles. The van der Waals surface area contributed by atoms with E-state index in [2.05, 4.69) is 21.2 Å². The first kappa shape index (κ1) is 17.3. The minimum atomic E-state index is -0.736. The molecule has 1 N–H and O–H groups in total. The molecule has 0 spiro atoms. The molecule has 2 aromatic rings. The lowest BCUT2D eigenvalue weighted by atomic mass is 10.1. The average Bonchev–Trinajstić information content (AvgIpc) is 2.46. The Morgan fingerprint density at radius 3 is 2.48 bits per heavy atom. The molecule has 0 fully saturated rings. The summed E-state index contributed by atoms with van der Waals surface area (Å²) in [6.45, 7) is 1.25. The quantitative estimate of drug-likeness (QED) is 0.837. The first-order valence-electron chi connectivity index (χ1n) is 6.69. The number of rotatable bonds is 5. The third-order valence-electron chi connectivity index (χ3n) is 3.06. The lowest BCUT2D eigenvalue weighted by Crippen LogP contribution is -2.31. The highest BCUT2D eigenvalue weighted by Crippen LogP contribution is 2.25. The molecule has 0 aliphatic carbocycles. The number of carbonyl (C=O) groups is 1. The van der Waals surface area contributed by atoms with Crippen molar-refractivity contribution in [1.82, 2.24) is 5.32 Å². The van der Waals surface area contributed by atoms with Gasteiger partial charge in [-0.15, -0.1) is 0 Å². The predicted molar refractivity (Wildman–Crippen MR) is 82.5 cm³/mol. The standard InChI is InChI=1S/C16H13BrF3NO2/c1-9(12-4-2-11(19)7-14(12)20)21-16(22)8-23-15-5-3-10(18)6-13(15)17/h2-7,9H,8H2,1H3,(H,21,22)/t9-/m1/s1. The van der Waals surface area contributed by atoms with Crippen molar-refractivity contribution in [3.63, 3.8) is 0 Å². The highest BCUT2D eigenvalue weighted by Gasteiger charge is 2.15. The largest absolute Gasteiger partial charge is 0.483 e. The van der Waals surface area contributed by atoms with Gasteiger partial charge < -0.3 is 10.1 Å². The van der Waals surface area contributed by atoms with Gasteiger partial charge in [-0.05, 0) is 47.1 Å². The van der Waals surface area contributed by atoms with Crippen LogP contribution in [-0.2, 0) is 4.79 Å². The Labute approximate surface area is 139 Å². The van der Waals surface area contributed by atoms with Crippen LogP contribution in [0.4, 0.5) is 13.2 Å². The van der Waals surface area contributed by atoms with Gasteiger partial charge in [-0.25, -0.2) is 13.2 Å². The van der Waals surface area contributed by atoms with E-state index in [4.69, 9.17) is 4.74 Å². The summed E-state index contributed by atoms with van der Waals surface area (Å²) in [5.74, 6) is -2.04. The van der Waals surface area contributed by atoms with Gasteiger partial charge in [-0.1, -0.05) is 6.07 Å². The summed E-state index contributed by atoms with van der Waals surface area (Å²) in [5, 5.41) is 2.54. The van der Waals surface area contributed by atoms with Crippen LogP contribution in [-0.4, -0.2) is 12.5 Å². The molecule has 1 amide bonds. The fourth-order valence-electron chi connectivity index (χ4n) is 1.95. The van der Waals surface area contributed by atoms with Crippen LogP contribution in [0.5, 0.6) is 5.75 Å². The summed E-state index contributed by atoms with van der Waals surface area (Å²) >= 11 is 3.12. The smallest absolute Gasteiger partial charge is 0.258 e. The van der Waals surface area contributed by atoms with Crippen LogP contribution in [0.1, 0.15) is 18.5 Å². The van der Waals surface area contributed by atoms with Gasteiger partial charge in [0.05, 0.1) is 10.5 Å². The number of amides is 1. The predicted octanol–water partition coefficient (Wildman–Crippen LogP) is 4.12. The molecule has 0 aromatic heterocycles. The van der Waals surface area contributed by atoms with Gasteiger partial charge in [-0.2, -0.15) is 0 Å². The molecule has 7 heteroatoms. The molecule has 0 aliphatic rings. The minimum absolute atomic E-state index is 0.169. The molecular weight excluding hydrogens is 375 g/mol. The zero-order chi connectivity index (χ0) is 17.0. The van der Waals surface area contributed by atoms with Gasteiger partial charge in [-0.3, -0.25) is 4.79 Å². The van der Waals surface area contributed by atoms with Crippen molar-refractivity contribution in [2.24, 2.45) is 0 Å². The third kappa shape index (κ3) is 4.72. The van der Waals surface area contributed by atoms with Crippen molar-refractivity contribution in [2.75, 3.05) is 6.61 Å². The number of benzene rings is 2. The lowest BCUT2D eigenvalue weighted by molar-refractivity contribution is -0.123. The van der Waals surface area contributed by atoms with Crippen molar-refractivity contribution < 1.29 is 22.7 Å². The van der Waals surface area contributed by atoms with Crippen molar-refractivity contribution >= 4 is 21.8 Å². The number of carbonyl (C=O) groups excluding carboxylic acids is 1. The molecule has 0 saturated heterocycles. The molecule has 0 saturated carbocycles. The SMILES string of the molecule is C[C@@H](NC(=O)COc1ccc(F)cc1Br)c1ccc(F)cc1F. The normalized spacial score (nSPS) is 11.9. The summed E-state index contributed by atoms with van der Waals surface area (Å²) in [6, 6.07) is 6.29. The van der Waals surface area contributed by atoms with Crippen molar-refractivity contribution in [2.45, 2.75) is 13.0 Å². The van der Waals surface area contributed by atoms with E-state index >= 15 is 0 Å². The fourth-order valence-corrected chi connectivity index (χ4v) is 2.41. The van der Waals surface area contributed by atoms with E-state index in [0.717, 1.165) is 12.1 Å². The molecule has 1 atom stereocenters. The van der Waals surface area contributed by atoms with Gasteiger partial charge in [0.2, 0.25) is 0 Å². The summed E-state index contributed by atoms with van der Waals surface area (Å²) in [6.07, 6.45) is 0. The Morgan fingerprint density at radius 2 is 1.83 bits per heavy atom. The minimum Gasteiger partial charge on any atom is -0.483 e. The maximum absolute atomic E-state index is 13.6. The average molecular weight is 388 g/mol. The number of hydrogen-bond donors (Lipinski definition) is 1. The van der Waals surface area contributed by atoms with E-state index < -0.39 is 29.4 Å². The Kier molecular flexibility index (Phi) is 5.65. The Morgan fingerprint density at radius 1 is 1.17 bits per heavy atom. The highest BCUT2D eigenvalue weighted by molar-refractivity contribution is 9.10. The molecule has 0 heterocycles. The monoisotopic (exact) mass is 387 g/mol. The van der Waals surface area contributed by atoms with E-state index in [0.29, 0.717) is 10.2 Å². The van der Waals surface area contributed by atoms with Gasteiger partial charge >= 0.3 is 0 Å². The van der Waals surface area contributed by atoms with Crippen LogP contribution in [0, 0.1) is 17.5 Å². The number of ether oxygens (including phenoxy) is 1. The van der Waals surface area contributed by atoms with Gasteiger partial charge in [0.15, 0.2) is 6.61 Å². The van der Waals surface area contributed by atoms with Crippen molar-refractivity contribution in [1.29, 1.82) is 0 Å². The number of nitrogens with one attached hydrogen (secondary N) is 1. The van der Waals surface area contributed by atoms with E-state index in [1.807, 2.05) is 0 Å². The van der Waals surface area contributed by atoms with Crippen molar-refractivity contribution in [3.8, 4) is 5.75 Å². The lowest BCUT2D eigenvalue weighted by Gasteiger charge is -2.15. The maximum Gasteiger partial charge on any atom is 0.258 e. The van der Waals surface area contributed by atoms with Gasteiger partial charge in [0, 0.05) is 11.6 Å². The molecular formula is C16H13BrF3NO2. The first-order chi connectivity index (χ1) is 10.9. The second-order valence-corrected chi connectivity index (χ2v) is 5.67. The van der Waals surface area contributed by atoms with E-state index in [1.165, 1.54) is 24.3 Å². The summed E-state index contributed by atoms with van der Waals surface area (Å²) in [7, 11) is 0. The van der Waals surface area contributed by atoms with Crippen LogP contribution < -0.4 is 10.1 Å². The topological polar surface area (TPSA) is 38.3 Å². The van der Waals surface area contributed by atoms with Crippen LogP contribution >= 0.6 is 15.9 Å². The van der Waals surface area contributed by atoms with Crippen LogP contribution in [0.25, 0.3) is 0 Å². The van der Waals surface area contributed by atoms with E-state index in [-0.39, 0.29) is 12.2 Å². The summed E-state index contributed by atoms with van der Waals surface area (Å²) in [4.78, 5) is 11.8. The molecule has 0 aliphatic heterocycles. The number of halogens is 4. The maximum atomic E-state index is 13.6. The Hall–Kier alpha value is -2.02. The molecule has 0 bridgehead atoms. The zero-order valence-electron chi connectivity index (χ0n) is 12.1. The molecule has 23 heavy (non-hydrogen) atoms. The summed E-state index contributed by atoms with van der Waals surface area (Å²) < 4.78 is 45.1. The second-order valence-electron chi connectivity index (χ2n) is 4.82. The van der Waals surface area contributed by atoms with Gasteiger partial charge in [0.25, 0.3) is 5.91 Å². The fraction of sp³-hybridized carbons (Fsp3) is 0.188. The zero-order valence-corrected chi connectivity index (χ0v) is 13.7. The molecule has 3 nitrogen and oxygen atoms in total. The Bertz CT molecular complexity index is 724. The molecule has 0 radical (unpaired) electrons. The van der Waals surface area contributed by atoms with Crippen molar-refractivity contribution in [3.05, 3.63) is 63.9 Å².